The number of fused-ring (bicyclic) bond motifs is 15. The summed E-state index contributed by atoms with van der Waals surface area (Å²) >= 11 is 0. The summed E-state index contributed by atoms with van der Waals surface area (Å²) in [4.78, 5) is 14.6. The van der Waals surface area contributed by atoms with Crippen molar-refractivity contribution in [2.24, 2.45) is 0 Å². The minimum absolute atomic E-state index is 0.757. The second kappa shape index (κ2) is 7.55. The molecular weight excluding hydrogens is 502 g/mol. The van der Waals surface area contributed by atoms with Crippen molar-refractivity contribution >= 4 is 60.4 Å². The lowest BCUT2D eigenvalue weighted by molar-refractivity contribution is 1.18. The van der Waals surface area contributed by atoms with Crippen molar-refractivity contribution in [3.63, 3.8) is 0 Å². The van der Waals surface area contributed by atoms with Crippen LogP contribution in [-0.4, -0.2) is 23.9 Å². The molecule has 5 nitrogen and oxygen atoms in total. The molecule has 41 heavy (non-hydrogen) atoms. The molecule has 0 saturated carbocycles. The van der Waals surface area contributed by atoms with E-state index in [1.165, 1.54) is 55.1 Å². The maximum absolute atomic E-state index is 5.09. The molecule has 1 aliphatic rings. The molecule has 0 unspecified atom stereocenters. The number of hydrogen-bond donors (Lipinski definition) is 0. The van der Waals surface area contributed by atoms with Gasteiger partial charge >= 0.3 is 0 Å². The summed E-state index contributed by atoms with van der Waals surface area (Å²) in [5.74, 6) is 0. The molecule has 10 rings (SSSR count). The average Bonchev–Trinajstić information content (AvgIpc) is 3.69. The van der Waals surface area contributed by atoms with Gasteiger partial charge < -0.3 is 4.57 Å². The highest BCUT2D eigenvalue weighted by atomic mass is 15.1. The van der Waals surface area contributed by atoms with Crippen molar-refractivity contribution in [1.82, 2.24) is 23.9 Å². The zero-order valence-corrected chi connectivity index (χ0v) is 21.9. The number of para-hydroxylation sites is 2. The zero-order chi connectivity index (χ0) is 26.7. The first-order valence-electron chi connectivity index (χ1n) is 13.9. The van der Waals surface area contributed by atoms with Crippen LogP contribution in [0.1, 0.15) is 11.1 Å². The molecule has 0 radical (unpaired) electrons. The molecule has 0 atom stereocenters. The van der Waals surface area contributed by atoms with Gasteiger partial charge in [-0.1, -0.05) is 48.5 Å². The Labute approximate surface area is 234 Å². The fourth-order valence-corrected chi connectivity index (χ4v) is 7.15. The largest absolute Gasteiger partial charge is 0.309 e. The van der Waals surface area contributed by atoms with E-state index in [0.29, 0.717) is 0 Å². The Kier molecular flexibility index (Phi) is 3.92. The monoisotopic (exact) mass is 523 g/mol. The van der Waals surface area contributed by atoms with Crippen molar-refractivity contribution in [1.29, 1.82) is 0 Å². The van der Waals surface area contributed by atoms with E-state index < -0.39 is 0 Å². The predicted molar refractivity (Wildman–Crippen MR) is 166 cm³/mol. The molecule has 5 heteroatoms. The average molecular weight is 524 g/mol. The number of hydrogen-bond acceptors (Lipinski definition) is 3. The molecule has 0 fully saturated rings. The van der Waals surface area contributed by atoms with E-state index in [4.69, 9.17) is 9.97 Å². The second-order valence-corrected chi connectivity index (χ2v) is 10.9. The van der Waals surface area contributed by atoms with Crippen LogP contribution in [0.5, 0.6) is 0 Å². The van der Waals surface area contributed by atoms with E-state index >= 15 is 0 Å². The van der Waals surface area contributed by atoms with E-state index in [1.807, 2.05) is 24.5 Å². The first-order chi connectivity index (χ1) is 20.3. The van der Waals surface area contributed by atoms with Crippen molar-refractivity contribution in [2.45, 2.75) is 6.42 Å². The highest BCUT2D eigenvalue weighted by Crippen LogP contribution is 2.46. The number of benzene rings is 4. The Hall–Kier alpha value is -5.55. The van der Waals surface area contributed by atoms with E-state index in [0.717, 1.165) is 39.7 Å². The molecule has 0 spiro atoms. The third kappa shape index (κ3) is 2.68. The Balaban J connectivity index is 1.34. The molecular formula is C36H21N5. The third-order valence-electron chi connectivity index (χ3n) is 8.82. The number of aromatic nitrogens is 5. The van der Waals surface area contributed by atoms with Gasteiger partial charge in [-0.05, 0) is 83.3 Å². The fraction of sp³-hybridized carbons (Fsp3) is 0.0278. The van der Waals surface area contributed by atoms with Gasteiger partial charge in [0.05, 0.1) is 27.6 Å². The van der Waals surface area contributed by atoms with Crippen LogP contribution >= 0.6 is 0 Å². The maximum atomic E-state index is 5.09. The molecule has 5 aromatic heterocycles. The van der Waals surface area contributed by atoms with Gasteiger partial charge in [0.15, 0.2) is 5.65 Å². The van der Waals surface area contributed by atoms with E-state index in [1.54, 1.807) is 0 Å². The van der Waals surface area contributed by atoms with Crippen LogP contribution in [0.3, 0.4) is 0 Å². The number of nitrogens with zero attached hydrogens (tertiary/aromatic N) is 5. The number of imidazole rings is 1. The van der Waals surface area contributed by atoms with Gasteiger partial charge in [-0.2, -0.15) is 0 Å². The lowest BCUT2D eigenvalue weighted by Gasteiger charge is -2.12. The normalized spacial score (nSPS) is 12.8. The summed E-state index contributed by atoms with van der Waals surface area (Å²) < 4.78 is 4.64. The Morgan fingerprint density at radius 3 is 2.32 bits per heavy atom. The number of pyridine rings is 3. The van der Waals surface area contributed by atoms with Crippen molar-refractivity contribution in [3.05, 3.63) is 127 Å². The summed E-state index contributed by atoms with van der Waals surface area (Å²) in [6, 6.07) is 36.9. The highest BCUT2D eigenvalue weighted by molar-refractivity contribution is 6.16. The van der Waals surface area contributed by atoms with Crippen molar-refractivity contribution in [2.75, 3.05) is 0 Å². The van der Waals surface area contributed by atoms with Gasteiger partial charge in [-0.3, -0.25) is 9.38 Å². The van der Waals surface area contributed by atoms with Crippen LogP contribution < -0.4 is 0 Å². The van der Waals surface area contributed by atoms with Crippen LogP contribution in [0.15, 0.2) is 116 Å². The lowest BCUT2D eigenvalue weighted by atomic mass is 9.98. The Morgan fingerprint density at radius 1 is 0.585 bits per heavy atom. The third-order valence-corrected chi connectivity index (χ3v) is 8.82. The molecule has 190 valence electrons. The first kappa shape index (κ1) is 21.3. The topological polar surface area (TPSA) is 48.0 Å². The quantitative estimate of drug-likeness (QED) is 0.204. The van der Waals surface area contributed by atoms with E-state index in [2.05, 4.69) is 105 Å². The summed E-state index contributed by atoms with van der Waals surface area (Å²) in [5, 5.41) is 4.87. The minimum atomic E-state index is 0.757. The van der Waals surface area contributed by atoms with Gasteiger partial charge in [-0.15, -0.1) is 0 Å². The van der Waals surface area contributed by atoms with Gasteiger partial charge in [0.1, 0.15) is 5.65 Å². The standard InChI is InChI=1S/C36H21N5/c1-2-8-22(9-3-1)40-29-11-5-4-10-24(29)27-18-21-19-28-23(26(21)20-32(27)40)14-15-25-33(28)36-39-35-31(13-7-17-38-35)41(36)30-12-6-16-37-34(25)30/h1-18,20H,19H2. The van der Waals surface area contributed by atoms with Crippen LogP contribution in [0.25, 0.3) is 77.2 Å². The predicted octanol–water partition coefficient (Wildman–Crippen LogP) is 8.25. The lowest BCUT2D eigenvalue weighted by Crippen LogP contribution is -1.96. The Morgan fingerprint density at radius 2 is 1.39 bits per heavy atom. The first-order valence-corrected chi connectivity index (χ1v) is 13.9. The van der Waals surface area contributed by atoms with Crippen LogP contribution in [-0.2, 0) is 6.42 Å². The van der Waals surface area contributed by atoms with Gasteiger partial charge in [0, 0.05) is 39.6 Å². The summed E-state index contributed by atoms with van der Waals surface area (Å²) in [6.45, 7) is 0. The highest BCUT2D eigenvalue weighted by Gasteiger charge is 2.27. The Bertz CT molecular complexity index is 2550. The van der Waals surface area contributed by atoms with E-state index in [9.17, 15) is 0 Å². The number of rotatable bonds is 1. The smallest absolute Gasteiger partial charge is 0.178 e. The summed E-state index contributed by atoms with van der Waals surface area (Å²) in [6.07, 6.45) is 4.55. The van der Waals surface area contributed by atoms with Crippen LogP contribution in [0.4, 0.5) is 0 Å². The second-order valence-electron chi connectivity index (χ2n) is 10.9. The molecule has 9 aromatic rings. The maximum Gasteiger partial charge on any atom is 0.178 e. The van der Waals surface area contributed by atoms with Crippen molar-refractivity contribution in [3.8, 4) is 16.8 Å². The molecule has 0 saturated heterocycles. The molecule has 5 heterocycles. The summed E-state index contributed by atoms with van der Waals surface area (Å²) in [5.41, 5.74) is 13.6. The van der Waals surface area contributed by atoms with Gasteiger partial charge in [-0.25, -0.2) is 9.97 Å². The molecule has 0 aliphatic heterocycles. The van der Waals surface area contributed by atoms with Crippen molar-refractivity contribution < 1.29 is 0 Å². The minimum Gasteiger partial charge on any atom is -0.309 e. The fourth-order valence-electron chi connectivity index (χ4n) is 7.15. The molecule has 0 bridgehead atoms. The molecule has 0 N–H and O–H groups in total. The zero-order valence-electron chi connectivity index (χ0n) is 21.9. The molecule has 1 aliphatic carbocycles. The summed E-state index contributed by atoms with van der Waals surface area (Å²) in [7, 11) is 0. The van der Waals surface area contributed by atoms with Crippen LogP contribution in [0.2, 0.25) is 0 Å². The van der Waals surface area contributed by atoms with Gasteiger partial charge in [0.2, 0.25) is 0 Å². The van der Waals surface area contributed by atoms with Gasteiger partial charge in [0.25, 0.3) is 0 Å². The molecule has 4 aromatic carbocycles. The SMILES string of the molecule is c1ccc(-n2c3ccccc3c3cc4c(cc32)-c2ccc3c5ncccc5n5c6cccnc6nc5c3c2C4)cc1. The molecule has 0 amide bonds. The van der Waals surface area contributed by atoms with E-state index in [-0.39, 0.29) is 0 Å². The van der Waals surface area contributed by atoms with Crippen LogP contribution in [0, 0.1) is 0 Å².